The van der Waals surface area contributed by atoms with E-state index in [2.05, 4.69) is 18.1 Å². The van der Waals surface area contributed by atoms with Crippen LogP contribution in [0.1, 0.15) is 5.56 Å². The molecule has 2 aromatic rings. The number of aryl methyl sites for hydroxylation is 1. The summed E-state index contributed by atoms with van der Waals surface area (Å²) < 4.78 is 5.23. The predicted octanol–water partition coefficient (Wildman–Crippen LogP) is 3.28. The van der Waals surface area contributed by atoms with Gasteiger partial charge in [-0.15, -0.1) is 13.2 Å². The van der Waals surface area contributed by atoms with Gasteiger partial charge >= 0.3 is 5.63 Å². The molecule has 1 heterocycles. The zero-order chi connectivity index (χ0) is 13.8. The Kier molecular flexibility index (Phi) is 3.85. The third-order valence-electron chi connectivity index (χ3n) is 2.98. The number of benzene rings is 1. The summed E-state index contributed by atoms with van der Waals surface area (Å²) in [6.07, 6.45) is 3.68. The molecule has 19 heavy (non-hydrogen) atoms. The van der Waals surface area contributed by atoms with Crippen molar-refractivity contribution >= 4 is 16.7 Å². The molecule has 3 heteroatoms. The molecule has 0 aliphatic heterocycles. The molecule has 0 aliphatic carbocycles. The summed E-state index contributed by atoms with van der Waals surface area (Å²) in [6.45, 7) is 11.0. The summed E-state index contributed by atoms with van der Waals surface area (Å²) in [5, 5.41) is 0.929. The average Bonchev–Trinajstić information content (AvgIpc) is 2.38. The minimum atomic E-state index is -0.332. The second-order valence-corrected chi connectivity index (χ2v) is 4.41. The molecule has 0 atom stereocenters. The first-order chi connectivity index (χ1) is 9.15. The van der Waals surface area contributed by atoms with Crippen molar-refractivity contribution in [2.45, 2.75) is 6.92 Å². The molecule has 0 saturated heterocycles. The Morgan fingerprint density at radius 2 is 1.89 bits per heavy atom. The van der Waals surface area contributed by atoms with E-state index >= 15 is 0 Å². The van der Waals surface area contributed by atoms with Crippen LogP contribution in [-0.2, 0) is 0 Å². The average molecular weight is 255 g/mol. The van der Waals surface area contributed by atoms with Gasteiger partial charge in [-0.3, -0.25) is 0 Å². The highest BCUT2D eigenvalue weighted by Gasteiger charge is 2.09. The van der Waals surface area contributed by atoms with Gasteiger partial charge in [-0.1, -0.05) is 12.2 Å². The van der Waals surface area contributed by atoms with Gasteiger partial charge in [0.05, 0.1) is 0 Å². The monoisotopic (exact) mass is 255 g/mol. The number of fused-ring (bicyclic) bond motifs is 1. The van der Waals surface area contributed by atoms with E-state index in [1.807, 2.05) is 31.2 Å². The maximum Gasteiger partial charge on any atom is 0.336 e. The fourth-order valence-corrected chi connectivity index (χ4v) is 2.14. The fourth-order valence-electron chi connectivity index (χ4n) is 2.14. The fraction of sp³-hybridized carbons (Fsp3) is 0.188. The summed E-state index contributed by atoms with van der Waals surface area (Å²) in [6, 6.07) is 7.14. The topological polar surface area (TPSA) is 33.5 Å². The van der Waals surface area contributed by atoms with E-state index < -0.39 is 0 Å². The molecule has 0 fully saturated rings. The van der Waals surface area contributed by atoms with E-state index in [1.165, 1.54) is 6.07 Å². The number of rotatable bonds is 5. The lowest BCUT2D eigenvalue weighted by Crippen LogP contribution is -2.23. The molecular weight excluding hydrogens is 238 g/mol. The lowest BCUT2D eigenvalue weighted by atomic mass is 10.1. The Hall–Kier alpha value is -2.29. The van der Waals surface area contributed by atoms with E-state index in [0.717, 1.165) is 29.7 Å². The van der Waals surface area contributed by atoms with Crippen LogP contribution in [0.25, 0.3) is 11.0 Å². The van der Waals surface area contributed by atoms with Crippen molar-refractivity contribution in [3.05, 3.63) is 65.6 Å². The zero-order valence-electron chi connectivity index (χ0n) is 11.1. The first kappa shape index (κ1) is 13.1. The van der Waals surface area contributed by atoms with E-state index in [4.69, 9.17) is 4.42 Å². The summed E-state index contributed by atoms with van der Waals surface area (Å²) in [7, 11) is 0. The van der Waals surface area contributed by atoms with Gasteiger partial charge < -0.3 is 9.32 Å². The van der Waals surface area contributed by atoms with E-state index in [0.29, 0.717) is 5.58 Å². The molecule has 98 valence electrons. The molecule has 0 spiro atoms. The molecule has 0 radical (unpaired) electrons. The van der Waals surface area contributed by atoms with Crippen molar-refractivity contribution in [2.24, 2.45) is 0 Å². The highest BCUT2D eigenvalue weighted by atomic mass is 16.4. The predicted molar refractivity (Wildman–Crippen MR) is 79.8 cm³/mol. The second kappa shape index (κ2) is 5.57. The molecule has 2 rings (SSSR count). The lowest BCUT2D eigenvalue weighted by Gasteiger charge is -2.23. The van der Waals surface area contributed by atoms with Crippen LogP contribution in [0.5, 0.6) is 0 Å². The van der Waals surface area contributed by atoms with Gasteiger partial charge in [-0.2, -0.15) is 0 Å². The van der Waals surface area contributed by atoms with Gasteiger partial charge in [0, 0.05) is 36.3 Å². The van der Waals surface area contributed by atoms with Gasteiger partial charge in [0.25, 0.3) is 0 Å². The maximum atomic E-state index is 11.3. The zero-order valence-corrected chi connectivity index (χ0v) is 11.1. The van der Waals surface area contributed by atoms with Gasteiger partial charge in [0.2, 0.25) is 0 Å². The number of anilines is 1. The molecule has 0 unspecified atom stereocenters. The van der Waals surface area contributed by atoms with Crippen molar-refractivity contribution in [3.8, 4) is 0 Å². The molecule has 1 aromatic carbocycles. The van der Waals surface area contributed by atoms with Crippen molar-refractivity contribution in [1.29, 1.82) is 0 Å². The highest BCUT2D eigenvalue weighted by Crippen LogP contribution is 2.26. The molecule has 3 nitrogen and oxygen atoms in total. The molecule has 0 saturated carbocycles. The quantitative estimate of drug-likeness (QED) is 0.607. The Bertz CT molecular complexity index is 660. The summed E-state index contributed by atoms with van der Waals surface area (Å²) in [5.74, 6) is 0. The van der Waals surface area contributed by atoms with Crippen molar-refractivity contribution in [3.63, 3.8) is 0 Å². The Labute approximate surface area is 112 Å². The largest absolute Gasteiger partial charge is 0.423 e. The maximum absolute atomic E-state index is 11.3. The second-order valence-electron chi connectivity index (χ2n) is 4.41. The molecule has 0 amide bonds. The first-order valence-electron chi connectivity index (χ1n) is 6.17. The Balaban J connectivity index is 2.57. The summed E-state index contributed by atoms with van der Waals surface area (Å²) in [4.78, 5) is 13.4. The van der Waals surface area contributed by atoms with Crippen LogP contribution in [0.3, 0.4) is 0 Å². The van der Waals surface area contributed by atoms with E-state index in [1.54, 1.807) is 6.07 Å². The van der Waals surface area contributed by atoms with Crippen LogP contribution in [0.15, 0.2) is 58.8 Å². The highest BCUT2D eigenvalue weighted by molar-refractivity contribution is 5.82. The first-order valence-corrected chi connectivity index (χ1v) is 6.17. The summed E-state index contributed by atoms with van der Waals surface area (Å²) in [5.41, 5.74) is 2.43. The Morgan fingerprint density at radius 3 is 2.53 bits per heavy atom. The van der Waals surface area contributed by atoms with Gasteiger partial charge in [0.15, 0.2) is 0 Å². The third-order valence-corrected chi connectivity index (χ3v) is 2.98. The van der Waals surface area contributed by atoms with Crippen LogP contribution < -0.4 is 10.5 Å². The van der Waals surface area contributed by atoms with Crippen molar-refractivity contribution in [1.82, 2.24) is 0 Å². The van der Waals surface area contributed by atoms with Gasteiger partial charge in [0.1, 0.15) is 5.58 Å². The standard InChI is InChI=1S/C16H17NO2/c1-4-8-17(9-5-2)14-11-15-13(10-12(14)3)6-7-16(18)19-15/h4-7,10-11H,1-2,8-9H2,3H3. The van der Waals surface area contributed by atoms with Crippen LogP contribution >= 0.6 is 0 Å². The number of nitrogens with zero attached hydrogens (tertiary/aromatic N) is 1. The normalized spacial score (nSPS) is 10.4. The van der Waals surface area contributed by atoms with Crippen molar-refractivity contribution in [2.75, 3.05) is 18.0 Å². The van der Waals surface area contributed by atoms with Crippen molar-refractivity contribution < 1.29 is 4.42 Å². The van der Waals surface area contributed by atoms with Crippen LogP contribution in [0.2, 0.25) is 0 Å². The van der Waals surface area contributed by atoms with Gasteiger partial charge in [-0.25, -0.2) is 4.79 Å². The van der Waals surface area contributed by atoms with E-state index in [9.17, 15) is 4.79 Å². The third kappa shape index (κ3) is 2.76. The molecule has 0 N–H and O–H groups in total. The molecule has 0 aliphatic rings. The molecule has 1 aromatic heterocycles. The minimum Gasteiger partial charge on any atom is -0.423 e. The van der Waals surface area contributed by atoms with Gasteiger partial charge in [-0.05, 0) is 24.6 Å². The SMILES string of the molecule is C=CCN(CC=C)c1cc2oc(=O)ccc2cc1C. The lowest BCUT2D eigenvalue weighted by molar-refractivity contribution is 0.561. The van der Waals surface area contributed by atoms with Crippen LogP contribution in [0, 0.1) is 6.92 Å². The molecule has 0 bridgehead atoms. The summed E-state index contributed by atoms with van der Waals surface area (Å²) >= 11 is 0. The number of hydrogen-bond acceptors (Lipinski definition) is 3. The number of hydrogen-bond donors (Lipinski definition) is 0. The van der Waals surface area contributed by atoms with Crippen LogP contribution in [0.4, 0.5) is 5.69 Å². The van der Waals surface area contributed by atoms with E-state index in [-0.39, 0.29) is 5.63 Å². The van der Waals surface area contributed by atoms with Crippen LogP contribution in [-0.4, -0.2) is 13.1 Å². The smallest absolute Gasteiger partial charge is 0.336 e. The minimum absolute atomic E-state index is 0.332. The Morgan fingerprint density at radius 1 is 1.21 bits per heavy atom. The molecular formula is C16H17NO2.